The third kappa shape index (κ3) is 4.32. The van der Waals surface area contributed by atoms with Crippen molar-refractivity contribution < 1.29 is 18.8 Å². The molecule has 0 aliphatic carbocycles. The molecule has 2 aromatic rings. The summed E-state index contributed by atoms with van der Waals surface area (Å²) in [6.45, 7) is 7.15. The number of hydrogen-bond acceptors (Lipinski definition) is 4. The van der Waals surface area contributed by atoms with Gasteiger partial charge in [-0.05, 0) is 44.9 Å². The summed E-state index contributed by atoms with van der Waals surface area (Å²) in [7, 11) is 0. The average molecular weight is 346 g/mol. The minimum absolute atomic E-state index is 0.287. The van der Waals surface area contributed by atoms with Crippen molar-refractivity contribution in [2.45, 2.75) is 33.8 Å². The first-order valence-corrected chi connectivity index (χ1v) is 7.68. The van der Waals surface area contributed by atoms with Gasteiger partial charge in [0.15, 0.2) is 6.10 Å². The molecule has 2 rings (SSSR count). The van der Waals surface area contributed by atoms with E-state index in [0.717, 1.165) is 34.9 Å². The van der Waals surface area contributed by atoms with Gasteiger partial charge < -0.3 is 10.1 Å². The molecule has 0 saturated carbocycles. The van der Waals surface area contributed by atoms with Crippen LogP contribution in [0.15, 0.2) is 30.3 Å². The van der Waals surface area contributed by atoms with Gasteiger partial charge in [0.25, 0.3) is 5.91 Å². The lowest BCUT2D eigenvalue weighted by atomic mass is 10.0. The van der Waals surface area contributed by atoms with Gasteiger partial charge in [-0.25, -0.2) is 4.39 Å². The van der Waals surface area contributed by atoms with E-state index in [1.54, 1.807) is 0 Å². The molecule has 1 N–H and O–H groups in total. The van der Waals surface area contributed by atoms with E-state index in [-0.39, 0.29) is 5.75 Å². The quantitative estimate of drug-likeness (QED) is 0.654. The van der Waals surface area contributed by atoms with Crippen LogP contribution < -0.4 is 10.1 Å². The van der Waals surface area contributed by atoms with Gasteiger partial charge in [-0.15, -0.1) is 0 Å². The lowest BCUT2D eigenvalue weighted by molar-refractivity contribution is -0.386. The highest BCUT2D eigenvalue weighted by atomic mass is 19.1. The lowest BCUT2D eigenvalue weighted by Gasteiger charge is -2.17. The molecule has 2 aromatic carbocycles. The van der Waals surface area contributed by atoms with Crippen LogP contribution in [-0.4, -0.2) is 16.9 Å². The van der Waals surface area contributed by atoms with E-state index in [1.807, 2.05) is 32.9 Å². The van der Waals surface area contributed by atoms with Gasteiger partial charge in [-0.2, -0.15) is 0 Å². The van der Waals surface area contributed by atoms with Crippen molar-refractivity contribution in [3.8, 4) is 5.75 Å². The Hall–Kier alpha value is -2.96. The van der Waals surface area contributed by atoms with E-state index in [0.29, 0.717) is 5.69 Å². The number of rotatable bonds is 5. The van der Waals surface area contributed by atoms with Crippen LogP contribution in [0.4, 0.5) is 15.8 Å². The molecule has 1 amide bonds. The number of anilines is 1. The Labute approximate surface area is 144 Å². The van der Waals surface area contributed by atoms with Crippen LogP contribution in [0.1, 0.15) is 23.6 Å². The molecule has 0 saturated heterocycles. The predicted octanol–water partition coefficient (Wildman–Crippen LogP) is 4.07. The molecule has 0 unspecified atom stereocenters. The summed E-state index contributed by atoms with van der Waals surface area (Å²) < 4.78 is 18.7. The van der Waals surface area contributed by atoms with Crippen molar-refractivity contribution >= 4 is 17.3 Å². The minimum Gasteiger partial charge on any atom is -0.474 e. The summed E-state index contributed by atoms with van der Waals surface area (Å²) in [6, 6.07) is 6.74. The van der Waals surface area contributed by atoms with Gasteiger partial charge in [-0.3, -0.25) is 14.9 Å². The molecule has 0 aliphatic rings. The fourth-order valence-corrected chi connectivity index (χ4v) is 2.58. The maximum absolute atomic E-state index is 13.3. The summed E-state index contributed by atoms with van der Waals surface area (Å²) in [5.74, 6) is -1.45. The monoisotopic (exact) mass is 346 g/mol. The molecule has 0 spiro atoms. The van der Waals surface area contributed by atoms with Crippen LogP contribution in [-0.2, 0) is 4.79 Å². The Morgan fingerprint density at radius 1 is 1.20 bits per heavy atom. The van der Waals surface area contributed by atoms with E-state index in [1.165, 1.54) is 6.92 Å². The molecule has 0 bridgehead atoms. The number of benzene rings is 2. The average Bonchev–Trinajstić information content (AvgIpc) is 2.50. The normalized spacial score (nSPS) is 11.7. The van der Waals surface area contributed by atoms with Crippen LogP contribution >= 0.6 is 0 Å². The molecule has 7 heteroatoms. The van der Waals surface area contributed by atoms with Crippen molar-refractivity contribution in [3.05, 3.63) is 63.0 Å². The smallest absolute Gasteiger partial charge is 0.311 e. The highest BCUT2D eigenvalue weighted by Gasteiger charge is 2.22. The van der Waals surface area contributed by atoms with Crippen LogP contribution in [0.5, 0.6) is 5.75 Å². The lowest BCUT2D eigenvalue weighted by Crippen LogP contribution is -2.31. The number of aryl methyl sites for hydroxylation is 3. The summed E-state index contributed by atoms with van der Waals surface area (Å²) in [5, 5.41) is 13.8. The second-order valence-electron chi connectivity index (χ2n) is 5.89. The highest BCUT2D eigenvalue weighted by molar-refractivity contribution is 5.95. The van der Waals surface area contributed by atoms with E-state index in [9.17, 15) is 19.3 Å². The van der Waals surface area contributed by atoms with Gasteiger partial charge in [-0.1, -0.05) is 17.7 Å². The standard InChI is InChI=1S/C18H19FN2O4/c1-10-7-11(2)17(12(3)8-10)20-18(22)13(4)25-16-9-14(19)5-6-15(16)21(23)24/h5-9,13H,1-4H3,(H,20,22)/t13-/m0/s1. The molecule has 25 heavy (non-hydrogen) atoms. The number of ether oxygens (including phenoxy) is 1. The van der Waals surface area contributed by atoms with Gasteiger partial charge in [0.2, 0.25) is 5.75 Å². The first kappa shape index (κ1) is 18.4. The fourth-order valence-electron chi connectivity index (χ4n) is 2.58. The summed E-state index contributed by atoms with van der Waals surface area (Å²) >= 11 is 0. The summed E-state index contributed by atoms with van der Waals surface area (Å²) in [5.41, 5.74) is 3.14. The zero-order valence-electron chi connectivity index (χ0n) is 14.4. The van der Waals surface area contributed by atoms with E-state index >= 15 is 0 Å². The van der Waals surface area contributed by atoms with Crippen LogP contribution in [0, 0.1) is 36.7 Å². The Morgan fingerprint density at radius 2 is 1.80 bits per heavy atom. The largest absolute Gasteiger partial charge is 0.474 e. The Bertz CT molecular complexity index is 813. The first-order chi connectivity index (χ1) is 11.7. The second kappa shape index (κ2) is 7.29. The third-order valence-electron chi connectivity index (χ3n) is 3.72. The highest BCUT2D eigenvalue weighted by Crippen LogP contribution is 2.29. The van der Waals surface area contributed by atoms with Gasteiger partial charge >= 0.3 is 5.69 Å². The summed E-state index contributed by atoms with van der Waals surface area (Å²) in [4.78, 5) is 22.7. The molecule has 132 valence electrons. The van der Waals surface area contributed by atoms with Crippen LogP contribution in [0.3, 0.4) is 0 Å². The summed E-state index contributed by atoms with van der Waals surface area (Å²) in [6.07, 6.45) is -1.04. The number of halogens is 1. The Kier molecular flexibility index (Phi) is 5.36. The maximum atomic E-state index is 13.3. The molecule has 0 heterocycles. The number of nitrogens with zero attached hydrogens (tertiary/aromatic N) is 1. The molecular weight excluding hydrogens is 327 g/mol. The second-order valence-corrected chi connectivity index (χ2v) is 5.89. The molecule has 0 aliphatic heterocycles. The van der Waals surface area contributed by atoms with E-state index in [4.69, 9.17) is 4.74 Å². The maximum Gasteiger partial charge on any atom is 0.311 e. The fraction of sp³-hybridized carbons (Fsp3) is 0.278. The van der Waals surface area contributed by atoms with Gasteiger partial charge in [0.05, 0.1) is 4.92 Å². The van der Waals surface area contributed by atoms with Crippen LogP contribution in [0.25, 0.3) is 0 Å². The molecule has 1 atom stereocenters. The van der Waals surface area contributed by atoms with Crippen molar-refractivity contribution in [3.63, 3.8) is 0 Å². The SMILES string of the molecule is Cc1cc(C)c(NC(=O)[C@H](C)Oc2cc(F)ccc2[N+](=O)[O-])c(C)c1. The topological polar surface area (TPSA) is 81.5 Å². The van der Waals surface area contributed by atoms with Crippen molar-refractivity contribution in [2.75, 3.05) is 5.32 Å². The van der Waals surface area contributed by atoms with Gasteiger partial charge in [0, 0.05) is 17.8 Å². The number of carbonyl (C=O) groups excluding carboxylic acids is 1. The van der Waals surface area contributed by atoms with Crippen molar-refractivity contribution in [1.29, 1.82) is 0 Å². The van der Waals surface area contributed by atoms with E-state index in [2.05, 4.69) is 5.32 Å². The molecule has 0 aromatic heterocycles. The number of nitro groups is 1. The number of carbonyl (C=O) groups is 1. The molecule has 6 nitrogen and oxygen atoms in total. The molecule has 0 fully saturated rings. The van der Waals surface area contributed by atoms with Crippen LogP contribution in [0.2, 0.25) is 0 Å². The predicted molar refractivity (Wildman–Crippen MR) is 92.4 cm³/mol. The zero-order chi connectivity index (χ0) is 18.7. The minimum atomic E-state index is -1.04. The number of nitrogens with one attached hydrogen (secondary N) is 1. The number of hydrogen-bond donors (Lipinski definition) is 1. The number of amides is 1. The van der Waals surface area contributed by atoms with Crippen molar-refractivity contribution in [2.24, 2.45) is 0 Å². The third-order valence-corrected chi connectivity index (χ3v) is 3.72. The van der Waals surface area contributed by atoms with Gasteiger partial charge in [0.1, 0.15) is 5.82 Å². The zero-order valence-corrected chi connectivity index (χ0v) is 14.4. The Balaban J connectivity index is 2.19. The number of nitro benzene ring substituents is 1. The molecular formula is C18H19FN2O4. The van der Waals surface area contributed by atoms with Crippen molar-refractivity contribution in [1.82, 2.24) is 0 Å². The first-order valence-electron chi connectivity index (χ1n) is 7.68. The van der Waals surface area contributed by atoms with E-state index < -0.39 is 28.4 Å². The Morgan fingerprint density at radius 3 is 2.36 bits per heavy atom. The molecule has 0 radical (unpaired) electrons.